The average molecular weight is 454 g/mol. The zero-order valence-electron chi connectivity index (χ0n) is 17.5. The van der Waals surface area contributed by atoms with E-state index in [1.54, 1.807) is 12.1 Å². The summed E-state index contributed by atoms with van der Waals surface area (Å²) in [5, 5.41) is 1.69. The second kappa shape index (κ2) is 7.41. The minimum atomic E-state index is -0.853. The normalized spacial score (nSPS) is 30.4. The first kappa shape index (κ1) is 20.6. The number of thiocarbonyl (C=S) groups is 1. The highest BCUT2D eigenvalue weighted by Gasteiger charge is 2.63. The fourth-order valence-electron chi connectivity index (χ4n) is 4.55. The number of para-hydroxylation sites is 1. The number of hydrogen-bond acceptors (Lipinski definition) is 6. The summed E-state index contributed by atoms with van der Waals surface area (Å²) >= 11 is 7.09. The first-order chi connectivity index (χ1) is 14.8. The fourth-order valence-corrected chi connectivity index (χ4v) is 6.38. The zero-order chi connectivity index (χ0) is 21.9. The van der Waals surface area contributed by atoms with Crippen LogP contribution in [-0.4, -0.2) is 50.2 Å². The highest BCUT2D eigenvalue weighted by Crippen LogP contribution is 2.52. The van der Waals surface area contributed by atoms with Crippen molar-refractivity contribution in [3.8, 4) is 0 Å². The van der Waals surface area contributed by atoms with Crippen LogP contribution in [0.4, 0.5) is 5.69 Å². The molecular formula is C23H23N3O3S2. The molecule has 3 heterocycles. The number of carbonyl (C=O) groups excluding carboxylic acids is 2. The van der Waals surface area contributed by atoms with E-state index in [9.17, 15) is 9.59 Å². The number of hydroxylamine groups is 2. The summed E-state index contributed by atoms with van der Waals surface area (Å²) in [6.45, 7) is 4.20. The Hall–Kier alpha value is -2.26. The first-order valence-electron chi connectivity index (χ1n) is 10.2. The maximum atomic E-state index is 13.6. The smallest absolute Gasteiger partial charge is 0.265 e. The van der Waals surface area contributed by atoms with E-state index in [0.717, 1.165) is 9.88 Å². The van der Waals surface area contributed by atoms with E-state index in [2.05, 4.69) is 18.7 Å². The van der Waals surface area contributed by atoms with Gasteiger partial charge in [0.15, 0.2) is 6.10 Å². The van der Waals surface area contributed by atoms with Crippen LogP contribution in [0.1, 0.15) is 25.5 Å². The van der Waals surface area contributed by atoms with Gasteiger partial charge in [-0.1, -0.05) is 72.5 Å². The van der Waals surface area contributed by atoms with Gasteiger partial charge < -0.3 is 4.90 Å². The molecule has 2 aromatic rings. The second-order valence-corrected chi connectivity index (χ2v) is 10.3. The Bertz CT molecular complexity index is 1050. The maximum Gasteiger partial charge on any atom is 0.265 e. The third-order valence-electron chi connectivity index (χ3n) is 6.49. The number of benzene rings is 2. The molecule has 0 spiro atoms. The van der Waals surface area contributed by atoms with Gasteiger partial charge in [0.1, 0.15) is 9.69 Å². The molecule has 4 atom stereocenters. The highest BCUT2D eigenvalue weighted by atomic mass is 32.2. The predicted octanol–water partition coefficient (Wildman–Crippen LogP) is 3.60. The molecule has 2 amide bonds. The Balaban J connectivity index is 1.57. The van der Waals surface area contributed by atoms with Crippen molar-refractivity contribution in [3.63, 3.8) is 0 Å². The summed E-state index contributed by atoms with van der Waals surface area (Å²) in [6.07, 6.45) is -0.853. The van der Waals surface area contributed by atoms with Crippen LogP contribution < -0.4 is 4.90 Å². The van der Waals surface area contributed by atoms with Gasteiger partial charge >= 0.3 is 0 Å². The number of amides is 2. The lowest BCUT2D eigenvalue weighted by Gasteiger charge is -2.39. The third kappa shape index (κ3) is 3.04. The Morgan fingerprint density at radius 1 is 0.968 bits per heavy atom. The van der Waals surface area contributed by atoms with E-state index in [0.29, 0.717) is 5.69 Å². The van der Waals surface area contributed by atoms with Gasteiger partial charge in [-0.05, 0) is 31.5 Å². The number of thioether (sulfide) groups is 1. The second-order valence-electron chi connectivity index (χ2n) is 8.56. The third-order valence-corrected chi connectivity index (χ3v) is 8.53. The predicted molar refractivity (Wildman–Crippen MR) is 124 cm³/mol. The van der Waals surface area contributed by atoms with E-state index in [1.165, 1.54) is 16.7 Å². The van der Waals surface area contributed by atoms with Gasteiger partial charge in [-0.25, -0.2) is 4.90 Å². The molecule has 5 rings (SSSR count). The Kier molecular flexibility index (Phi) is 4.93. The van der Waals surface area contributed by atoms with Crippen LogP contribution in [0.25, 0.3) is 0 Å². The number of nitrogens with zero attached hydrogens (tertiary/aromatic N) is 3. The van der Waals surface area contributed by atoms with Crippen molar-refractivity contribution < 1.29 is 14.4 Å². The van der Waals surface area contributed by atoms with Crippen LogP contribution >= 0.6 is 24.0 Å². The lowest BCUT2D eigenvalue weighted by molar-refractivity contribution is -0.188. The molecule has 3 aliphatic heterocycles. The van der Waals surface area contributed by atoms with Gasteiger partial charge in [-0.15, -0.1) is 0 Å². The Labute approximate surface area is 191 Å². The molecule has 8 heteroatoms. The van der Waals surface area contributed by atoms with Crippen molar-refractivity contribution in [1.82, 2.24) is 9.96 Å². The van der Waals surface area contributed by atoms with Gasteiger partial charge in [-0.3, -0.25) is 14.4 Å². The van der Waals surface area contributed by atoms with Gasteiger partial charge in [0.2, 0.25) is 5.91 Å². The molecule has 0 bridgehead atoms. The molecule has 3 fully saturated rings. The van der Waals surface area contributed by atoms with Crippen LogP contribution in [0.15, 0.2) is 60.7 Å². The van der Waals surface area contributed by atoms with Gasteiger partial charge in [0.05, 0.1) is 23.2 Å². The van der Waals surface area contributed by atoms with Gasteiger partial charge in [0.25, 0.3) is 5.91 Å². The molecule has 0 saturated carbocycles. The molecule has 2 aromatic carbocycles. The van der Waals surface area contributed by atoms with E-state index >= 15 is 0 Å². The summed E-state index contributed by atoms with van der Waals surface area (Å²) in [4.78, 5) is 36.6. The highest BCUT2D eigenvalue weighted by molar-refractivity contribution is 8.23. The lowest BCUT2D eigenvalue weighted by atomic mass is 9.90. The van der Waals surface area contributed by atoms with Crippen LogP contribution in [0, 0.1) is 5.92 Å². The summed E-state index contributed by atoms with van der Waals surface area (Å²) in [6, 6.07) is 18.5. The van der Waals surface area contributed by atoms with E-state index in [4.69, 9.17) is 17.1 Å². The summed E-state index contributed by atoms with van der Waals surface area (Å²) in [5.41, 5.74) is 1.19. The van der Waals surface area contributed by atoms with Crippen LogP contribution in [0.5, 0.6) is 0 Å². The molecule has 0 aromatic heterocycles. The summed E-state index contributed by atoms with van der Waals surface area (Å²) in [5.74, 6) is -1.17. The monoisotopic (exact) mass is 453 g/mol. The molecule has 0 radical (unpaired) electrons. The number of fused-ring (bicyclic) bond motifs is 1. The van der Waals surface area contributed by atoms with Crippen molar-refractivity contribution in [2.45, 2.75) is 36.9 Å². The Morgan fingerprint density at radius 3 is 2.16 bits per heavy atom. The molecule has 0 N–H and O–H groups in total. The van der Waals surface area contributed by atoms with Crippen molar-refractivity contribution in [3.05, 3.63) is 66.2 Å². The number of anilines is 1. The minimum Gasteiger partial charge on any atom is -0.353 e. The Morgan fingerprint density at radius 2 is 1.58 bits per heavy atom. The van der Waals surface area contributed by atoms with E-state index in [-0.39, 0.29) is 28.8 Å². The zero-order valence-corrected chi connectivity index (χ0v) is 19.1. The lowest BCUT2D eigenvalue weighted by Crippen LogP contribution is -2.51. The fraction of sp³-hybridized carbons (Fsp3) is 0.348. The van der Waals surface area contributed by atoms with Gasteiger partial charge in [-0.2, -0.15) is 5.06 Å². The SMILES string of the molecule is CN1C(=S)S[C@@H](N2O[C@@H]3C(=O)N(c4ccccc4)C(=O)[C@H]3[C@H]2c2ccccc2)C1(C)C. The molecular weight excluding hydrogens is 430 g/mol. The maximum absolute atomic E-state index is 13.6. The van der Waals surface area contributed by atoms with Crippen molar-refractivity contribution >= 4 is 45.8 Å². The van der Waals surface area contributed by atoms with Crippen molar-refractivity contribution in [2.75, 3.05) is 11.9 Å². The standard InChI is InChI=1S/C23H23N3O3S2/c1-23(2)21(31-22(30)24(23)3)26-17(14-10-6-4-7-11-14)16-18(29-26)20(28)25(19(16)27)15-12-8-5-9-13-15/h4-13,16-18,21H,1-3H3/t16-,17+,18-,21+/m0/s1. The first-order valence-corrected chi connectivity index (χ1v) is 11.5. The topological polar surface area (TPSA) is 53.1 Å². The van der Waals surface area contributed by atoms with E-state index < -0.39 is 12.0 Å². The van der Waals surface area contributed by atoms with Crippen LogP contribution in [-0.2, 0) is 14.4 Å². The average Bonchev–Trinajstić information content (AvgIpc) is 3.34. The molecule has 3 saturated heterocycles. The quantitative estimate of drug-likeness (QED) is 0.520. The van der Waals surface area contributed by atoms with Crippen molar-refractivity contribution in [2.24, 2.45) is 5.92 Å². The minimum absolute atomic E-state index is 0.161. The molecule has 0 unspecified atom stereocenters. The van der Waals surface area contributed by atoms with Crippen LogP contribution in [0.2, 0.25) is 0 Å². The molecule has 0 aliphatic carbocycles. The number of hydrogen-bond donors (Lipinski definition) is 0. The summed E-state index contributed by atoms with van der Waals surface area (Å²) in [7, 11) is 1.97. The number of imide groups is 1. The number of likely N-dealkylation sites (N-methyl/N-ethyl adjacent to an activating group) is 1. The number of rotatable bonds is 3. The summed E-state index contributed by atoms with van der Waals surface area (Å²) < 4.78 is 0.769. The number of carbonyl (C=O) groups is 2. The van der Waals surface area contributed by atoms with Gasteiger partial charge in [0, 0.05) is 7.05 Å². The van der Waals surface area contributed by atoms with Crippen molar-refractivity contribution in [1.29, 1.82) is 0 Å². The molecule has 31 heavy (non-hydrogen) atoms. The molecule has 3 aliphatic rings. The molecule has 160 valence electrons. The van der Waals surface area contributed by atoms with E-state index in [1.807, 2.05) is 60.6 Å². The molecule has 6 nitrogen and oxygen atoms in total. The largest absolute Gasteiger partial charge is 0.353 e. The van der Waals surface area contributed by atoms with Crippen LogP contribution in [0.3, 0.4) is 0 Å².